The molecule has 1 atom stereocenters. The number of aromatic nitrogens is 1. The second kappa shape index (κ2) is 7.92. The first kappa shape index (κ1) is 17.8. The lowest BCUT2D eigenvalue weighted by Gasteiger charge is -2.27. The van der Waals surface area contributed by atoms with Crippen molar-refractivity contribution in [3.05, 3.63) is 64.8 Å². The van der Waals surface area contributed by atoms with Gasteiger partial charge < -0.3 is 15.6 Å². The second-order valence-electron chi connectivity index (χ2n) is 6.54. The summed E-state index contributed by atoms with van der Waals surface area (Å²) in [7, 11) is 0. The fourth-order valence-corrected chi connectivity index (χ4v) is 3.37. The van der Waals surface area contributed by atoms with Crippen LogP contribution in [0.15, 0.2) is 48.1 Å². The third-order valence-electron chi connectivity index (χ3n) is 4.73. The zero-order valence-corrected chi connectivity index (χ0v) is 14.9. The van der Waals surface area contributed by atoms with Crippen molar-refractivity contribution in [1.29, 1.82) is 5.26 Å². The lowest BCUT2D eigenvalue weighted by molar-refractivity contribution is 0.387. The summed E-state index contributed by atoms with van der Waals surface area (Å²) in [6.07, 6.45) is 8.72. The highest BCUT2D eigenvalue weighted by Crippen LogP contribution is 2.44. The highest BCUT2D eigenvalue weighted by Gasteiger charge is 2.31. The Hall–Kier alpha value is -3.00. The van der Waals surface area contributed by atoms with Gasteiger partial charge in [0, 0.05) is 24.0 Å². The Morgan fingerprint density at radius 1 is 1.31 bits per heavy atom. The van der Waals surface area contributed by atoms with E-state index in [-0.39, 0.29) is 17.6 Å². The Labute approximate surface area is 153 Å². The van der Waals surface area contributed by atoms with Crippen molar-refractivity contribution in [2.24, 2.45) is 5.73 Å². The molecule has 3 N–H and O–H groups in total. The number of phenolic OH excluding ortho intramolecular Hbond substituents is 1. The number of rotatable bonds is 6. The number of unbranched alkanes of at least 4 members (excludes halogenated alkanes) is 3. The number of nitriles is 1. The van der Waals surface area contributed by atoms with Gasteiger partial charge in [-0.15, -0.1) is 0 Å². The molecule has 0 fully saturated rings. The van der Waals surface area contributed by atoms with Crippen LogP contribution in [0.1, 0.15) is 55.2 Å². The molecule has 0 bridgehead atoms. The van der Waals surface area contributed by atoms with E-state index in [4.69, 9.17) is 10.5 Å². The number of nitrogens with zero attached hydrogens (tertiary/aromatic N) is 2. The van der Waals surface area contributed by atoms with Gasteiger partial charge in [0.25, 0.3) is 0 Å². The van der Waals surface area contributed by atoms with E-state index >= 15 is 0 Å². The topological polar surface area (TPSA) is 92.2 Å². The van der Waals surface area contributed by atoms with Crippen LogP contribution in [-0.2, 0) is 6.42 Å². The van der Waals surface area contributed by atoms with Gasteiger partial charge in [-0.1, -0.05) is 32.3 Å². The van der Waals surface area contributed by atoms with Crippen LogP contribution in [-0.4, -0.2) is 10.1 Å². The van der Waals surface area contributed by atoms with Gasteiger partial charge in [0.05, 0.1) is 5.92 Å². The van der Waals surface area contributed by atoms with E-state index in [0.29, 0.717) is 11.3 Å². The number of allylic oxidation sites excluding steroid dienone is 1. The molecule has 26 heavy (non-hydrogen) atoms. The van der Waals surface area contributed by atoms with Gasteiger partial charge >= 0.3 is 0 Å². The van der Waals surface area contributed by atoms with E-state index in [1.807, 2.05) is 18.2 Å². The van der Waals surface area contributed by atoms with E-state index in [9.17, 15) is 10.4 Å². The van der Waals surface area contributed by atoms with Crippen molar-refractivity contribution in [2.45, 2.75) is 44.9 Å². The molecule has 1 aromatic carbocycles. The first-order chi connectivity index (χ1) is 12.7. The first-order valence-corrected chi connectivity index (χ1v) is 8.99. The Kier molecular flexibility index (Phi) is 5.43. The Morgan fingerprint density at radius 2 is 2.15 bits per heavy atom. The second-order valence-corrected chi connectivity index (χ2v) is 6.54. The molecule has 0 amide bonds. The number of nitrogens with two attached hydrogens (primary N) is 1. The van der Waals surface area contributed by atoms with Crippen molar-refractivity contribution >= 4 is 0 Å². The van der Waals surface area contributed by atoms with Crippen molar-refractivity contribution in [2.75, 3.05) is 0 Å². The first-order valence-electron chi connectivity index (χ1n) is 8.99. The number of phenols is 1. The van der Waals surface area contributed by atoms with Gasteiger partial charge in [-0.2, -0.15) is 5.26 Å². The average Bonchev–Trinajstić information content (AvgIpc) is 2.65. The maximum atomic E-state index is 10.4. The third kappa shape index (κ3) is 3.50. The molecular formula is C21H23N3O2. The van der Waals surface area contributed by atoms with Crippen LogP contribution < -0.4 is 10.5 Å². The van der Waals surface area contributed by atoms with Crippen LogP contribution in [0.2, 0.25) is 0 Å². The molecule has 0 saturated heterocycles. The number of ether oxygens (including phenoxy) is 1. The van der Waals surface area contributed by atoms with Crippen LogP contribution in [0.5, 0.6) is 11.5 Å². The number of pyridine rings is 1. The number of aromatic hydroxyl groups is 1. The summed E-state index contributed by atoms with van der Waals surface area (Å²) in [5.74, 6) is 0.431. The van der Waals surface area contributed by atoms with Crippen LogP contribution in [0.25, 0.3) is 0 Å². The fraction of sp³-hybridized carbons (Fsp3) is 0.333. The molecule has 5 heteroatoms. The molecule has 0 spiro atoms. The van der Waals surface area contributed by atoms with Gasteiger partial charge in [0.1, 0.15) is 23.1 Å². The largest absolute Gasteiger partial charge is 0.508 e. The number of benzene rings is 1. The molecule has 2 heterocycles. The maximum Gasteiger partial charge on any atom is 0.205 e. The molecule has 0 radical (unpaired) electrons. The minimum absolute atomic E-state index is 0.0731. The maximum absolute atomic E-state index is 10.4. The lowest BCUT2D eigenvalue weighted by atomic mass is 9.83. The summed E-state index contributed by atoms with van der Waals surface area (Å²) in [4.78, 5) is 4.17. The SMILES string of the molecule is CCCCCCc1cc2c(cc1O)OC(N)=C(C#N)[C@H]2c1cccnc1. The average molecular weight is 349 g/mol. The molecule has 0 unspecified atom stereocenters. The molecule has 1 aliphatic rings. The molecule has 0 aliphatic carbocycles. The fourth-order valence-electron chi connectivity index (χ4n) is 3.37. The number of hydrogen-bond acceptors (Lipinski definition) is 5. The minimum atomic E-state index is -0.340. The summed E-state index contributed by atoms with van der Waals surface area (Å²) >= 11 is 0. The number of fused-ring (bicyclic) bond motifs is 1. The number of hydrogen-bond donors (Lipinski definition) is 2. The molecular weight excluding hydrogens is 326 g/mol. The summed E-state index contributed by atoms with van der Waals surface area (Å²) in [6, 6.07) is 9.48. The molecule has 0 saturated carbocycles. The quantitative estimate of drug-likeness (QED) is 0.765. The van der Waals surface area contributed by atoms with E-state index < -0.39 is 0 Å². The molecule has 1 aromatic heterocycles. The third-order valence-corrected chi connectivity index (χ3v) is 4.73. The number of aryl methyl sites for hydroxylation is 1. The molecule has 1 aliphatic heterocycles. The van der Waals surface area contributed by atoms with E-state index in [2.05, 4.69) is 18.0 Å². The van der Waals surface area contributed by atoms with E-state index in [1.54, 1.807) is 18.5 Å². The van der Waals surface area contributed by atoms with Crippen LogP contribution in [0.3, 0.4) is 0 Å². The highest BCUT2D eigenvalue weighted by atomic mass is 16.5. The zero-order valence-electron chi connectivity index (χ0n) is 14.9. The van der Waals surface area contributed by atoms with Gasteiger partial charge in [-0.3, -0.25) is 4.98 Å². The van der Waals surface area contributed by atoms with Gasteiger partial charge in [-0.05, 0) is 36.1 Å². The zero-order chi connectivity index (χ0) is 18.5. The smallest absolute Gasteiger partial charge is 0.205 e. The van der Waals surface area contributed by atoms with Gasteiger partial charge in [0.15, 0.2) is 0 Å². The predicted octanol–water partition coefficient (Wildman–Crippen LogP) is 4.13. The molecule has 2 aromatic rings. The molecule has 5 nitrogen and oxygen atoms in total. The van der Waals surface area contributed by atoms with Crippen molar-refractivity contribution in [1.82, 2.24) is 4.98 Å². The molecule has 134 valence electrons. The monoisotopic (exact) mass is 349 g/mol. The summed E-state index contributed by atoms with van der Waals surface area (Å²) in [6.45, 7) is 2.17. The summed E-state index contributed by atoms with van der Waals surface area (Å²) in [5.41, 5.74) is 8.92. The Balaban J connectivity index is 2.02. The predicted molar refractivity (Wildman–Crippen MR) is 99.5 cm³/mol. The van der Waals surface area contributed by atoms with Crippen LogP contribution >= 0.6 is 0 Å². The van der Waals surface area contributed by atoms with Crippen molar-refractivity contribution in [3.63, 3.8) is 0 Å². The molecule has 3 rings (SSSR count). The Morgan fingerprint density at radius 3 is 2.85 bits per heavy atom. The van der Waals surface area contributed by atoms with Crippen LogP contribution in [0, 0.1) is 11.3 Å². The summed E-state index contributed by atoms with van der Waals surface area (Å²) in [5, 5.41) is 20.0. The Bertz CT molecular complexity index is 854. The van der Waals surface area contributed by atoms with E-state index in [0.717, 1.165) is 36.0 Å². The van der Waals surface area contributed by atoms with Crippen LogP contribution in [0.4, 0.5) is 0 Å². The van der Waals surface area contributed by atoms with Crippen molar-refractivity contribution < 1.29 is 9.84 Å². The highest BCUT2D eigenvalue weighted by molar-refractivity contribution is 5.58. The standard InChI is InChI=1S/C21H23N3O2/c1-2-3-4-5-7-14-10-16-19(11-18(14)25)26-21(23)17(12-22)20(16)15-8-6-9-24-13-15/h6,8-11,13,20,25H,2-5,7,23H2,1H3/t20-/m0/s1. The van der Waals surface area contributed by atoms with E-state index in [1.165, 1.54) is 12.8 Å². The lowest BCUT2D eigenvalue weighted by Crippen LogP contribution is -2.21. The normalized spacial score (nSPS) is 15.9. The van der Waals surface area contributed by atoms with Gasteiger partial charge in [0.2, 0.25) is 5.88 Å². The van der Waals surface area contributed by atoms with Gasteiger partial charge in [-0.25, -0.2) is 0 Å². The summed E-state index contributed by atoms with van der Waals surface area (Å²) < 4.78 is 5.62. The minimum Gasteiger partial charge on any atom is -0.508 e. The van der Waals surface area contributed by atoms with Crippen molar-refractivity contribution in [3.8, 4) is 17.6 Å².